The summed E-state index contributed by atoms with van der Waals surface area (Å²) in [4.78, 5) is 4.61. The van der Waals surface area contributed by atoms with Crippen molar-refractivity contribution in [2.75, 3.05) is 13.7 Å². The molecule has 0 fully saturated rings. The van der Waals surface area contributed by atoms with Crippen LogP contribution in [0.4, 0.5) is 0 Å². The second-order valence-corrected chi connectivity index (χ2v) is 4.65. The first kappa shape index (κ1) is 13.3. The van der Waals surface area contributed by atoms with Gasteiger partial charge in [0, 0.05) is 25.2 Å². The van der Waals surface area contributed by atoms with Gasteiger partial charge in [0.2, 0.25) is 0 Å². The number of hydrogen-bond donors (Lipinski definition) is 1. The highest BCUT2D eigenvalue weighted by Crippen LogP contribution is 2.25. The highest BCUT2D eigenvalue weighted by Gasteiger charge is 2.18. The molecule has 1 aromatic heterocycles. The van der Waals surface area contributed by atoms with Crippen LogP contribution in [0.25, 0.3) is 11.0 Å². The fourth-order valence-corrected chi connectivity index (χ4v) is 2.29. The van der Waals surface area contributed by atoms with Crippen molar-refractivity contribution < 1.29 is 4.74 Å². The summed E-state index contributed by atoms with van der Waals surface area (Å²) in [6, 6.07) is 5.71. The van der Waals surface area contributed by atoms with Crippen LogP contribution >= 0.6 is 11.6 Å². The molecule has 98 valence electrons. The lowest BCUT2D eigenvalue weighted by atomic mass is 10.3. The maximum atomic E-state index is 6.05. The molecule has 4 nitrogen and oxygen atoms in total. The lowest BCUT2D eigenvalue weighted by molar-refractivity contribution is 0.100. The van der Waals surface area contributed by atoms with Gasteiger partial charge in [0.15, 0.2) is 0 Å². The minimum atomic E-state index is -0.178. The molecule has 18 heavy (non-hydrogen) atoms. The van der Waals surface area contributed by atoms with Gasteiger partial charge in [-0.25, -0.2) is 4.98 Å². The summed E-state index contributed by atoms with van der Waals surface area (Å²) in [5.41, 5.74) is 7.69. The van der Waals surface area contributed by atoms with Crippen LogP contribution < -0.4 is 5.73 Å². The summed E-state index contributed by atoms with van der Waals surface area (Å²) in [7, 11) is 1.65. The molecule has 0 aliphatic heterocycles. The Morgan fingerprint density at radius 2 is 2.28 bits per heavy atom. The van der Waals surface area contributed by atoms with Gasteiger partial charge in [-0.2, -0.15) is 0 Å². The molecule has 1 atom stereocenters. The van der Waals surface area contributed by atoms with E-state index in [1.165, 1.54) is 0 Å². The Morgan fingerprint density at radius 1 is 1.50 bits per heavy atom. The Bertz CT molecular complexity index is 534. The molecule has 0 amide bonds. The first-order valence-electron chi connectivity index (χ1n) is 6.09. The second kappa shape index (κ2) is 5.69. The number of fused-ring (bicyclic) bond motifs is 1. The molecule has 0 aliphatic rings. The molecule has 2 rings (SSSR count). The van der Waals surface area contributed by atoms with Gasteiger partial charge in [-0.05, 0) is 24.6 Å². The fraction of sp³-hybridized carbons (Fsp3) is 0.462. The van der Waals surface area contributed by atoms with Gasteiger partial charge in [-0.15, -0.1) is 0 Å². The molecule has 0 saturated carbocycles. The predicted octanol–water partition coefficient (Wildman–Crippen LogP) is 2.75. The number of halogens is 1. The van der Waals surface area contributed by atoms with E-state index < -0.39 is 0 Å². The molecule has 2 aromatic rings. The van der Waals surface area contributed by atoms with E-state index in [1.54, 1.807) is 7.11 Å². The Kier molecular flexibility index (Phi) is 4.22. The molecule has 5 heteroatoms. The maximum absolute atomic E-state index is 6.05. The lowest BCUT2D eigenvalue weighted by Crippen LogP contribution is -2.19. The highest BCUT2D eigenvalue weighted by atomic mass is 35.5. The number of ether oxygens (including phenoxy) is 1. The number of benzene rings is 1. The third-order valence-corrected chi connectivity index (χ3v) is 3.21. The largest absolute Gasteiger partial charge is 0.372 e. The highest BCUT2D eigenvalue weighted by molar-refractivity contribution is 6.31. The number of imidazole rings is 1. The van der Waals surface area contributed by atoms with E-state index >= 15 is 0 Å². The van der Waals surface area contributed by atoms with Crippen molar-refractivity contribution in [1.82, 2.24) is 9.55 Å². The first-order chi connectivity index (χ1) is 8.71. The Morgan fingerprint density at radius 3 is 2.89 bits per heavy atom. The summed E-state index contributed by atoms with van der Waals surface area (Å²) in [6.07, 6.45) is 0.842. The maximum Gasteiger partial charge on any atom is 0.140 e. The minimum absolute atomic E-state index is 0.178. The van der Waals surface area contributed by atoms with Crippen LogP contribution in [-0.2, 0) is 11.3 Å². The summed E-state index contributed by atoms with van der Waals surface area (Å²) in [6.45, 7) is 3.42. The topological polar surface area (TPSA) is 53.1 Å². The zero-order valence-corrected chi connectivity index (χ0v) is 11.4. The van der Waals surface area contributed by atoms with E-state index in [9.17, 15) is 0 Å². The molecular weight excluding hydrogens is 250 g/mol. The average Bonchev–Trinajstić information content (AvgIpc) is 2.70. The van der Waals surface area contributed by atoms with Crippen molar-refractivity contribution in [2.24, 2.45) is 5.73 Å². The summed E-state index contributed by atoms with van der Waals surface area (Å²) in [5.74, 6) is 0.874. The quantitative estimate of drug-likeness (QED) is 0.906. The van der Waals surface area contributed by atoms with Crippen LogP contribution in [0.15, 0.2) is 18.2 Å². The van der Waals surface area contributed by atoms with Crippen LogP contribution in [0.1, 0.15) is 25.3 Å². The number of methoxy groups -OCH3 is 1. The molecule has 1 aromatic carbocycles. The second-order valence-electron chi connectivity index (χ2n) is 4.21. The molecule has 0 aliphatic carbocycles. The number of nitrogens with two attached hydrogens (primary N) is 1. The van der Waals surface area contributed by atoms with Gasteiger partial charge in [-0.1, -0.05) is 18.5 Å². The SMILES string of the molecule is CCCn1c(C(CN)OC)nc2ccc(Cl)cc21. The number of aryl methyl sites for hydroxylation is 1. The monoisotopic (exact) mass is 267 g/mol. The van der Waals surface area contributed by atoms with E-state index in [2.05, 4.69) is 16.5 Å². The molecule has 0 radical (unpaired) electrons. The van der Waals surface area contributed by atoms with Gasteiger partial charge >= 0.3 is 0 Å². The molecule has 0 saturated heterocycles. The van der Waals surface area contributed by atoms with E-state index in [4.69, 9.17) is 22.1 Å². The molecule has 2 N–H and O–H groups in total. The lowest BCUT2D eigenvalue weighted by Gasteiger charge is -2.15. The van der Waals surface area contributed by atoms with Crippen molar-refractivity contribution in [1.29, 1.82) is 0 Å². The van der Waals surface area contributed by atoms with Crippen LogP contribution in [0.2, 0.25) is 5.02 Å². The number of nitrogens with zero attached hydrogens (tertiary/aromatic N) is 2. The predicted molar refractivity (Wildman–Crippen MR) is 73.8 cm³/mol. The summed E-state index contributed by atoms with van der Waals surface area (Å²) >= 11 is 6.05. The Labute approximate surface area is 112 Å². The number of aromatic nitrogens is 2. The summed E-state index contributed by atoms with van der Waals surface area (Å²) in [5, 5.41) is 0.716. The molecular formula is C13H18ClN3O. The fourth-order valence-electron chi connectivity index (χ4n) is 2.13. The van der Waals surface area contributed by atoms with Crippen LogP contribution in [-0.4, -0.2) is 23.2 Å². The molecule has 0 spiro atoms. The van der Waals surface area contributed by atoms with Crippen LogP contribution in [0.5, 0.6) is 0 Å². The van der Waals surface area contributed by atoms with E-state index in [-0.39, 0.29) is 6.10 Å². The smallest absolute Gasteiger partial charge is 0.140 e. The van der Waals surface area contributed by atoms with Crippen LogP contribution in [0, 0.1) is 0 Å². The van der Waals surface area contributed by atoms with Crippen molar-refractivity contribution in [3.8, 4) is 0 Å². The summed E-state index contributed by atoms with van der Waals surface area (Å²) < 4.78 is 7.53. The van der Waals surface area contributed by atoms with Crippen molar-refractivity contribution in [3.63, 3.8) is 0 Å². The van der Waals surface area contributed by atoms with E-state index in [1.807, 2.05) is 18.2 Å². The Hall–Kier alpha value is -1.10. The van der Waals surface area contributed by atoms with Crippen LogP contribution in [0.3, 0.4) is 0 Å². The van der Waals surface area contributed by atoms with Gasteiger partial charge < -0.3 is 15.0 Å². The minimum Gasteiger partial charge on any atom is -0.372 e. The van der Waals surface area contributed by atoms with Gasteiger partial charge in [0.05, 0.1) is 11.0 Å². The zero-order valence-electron chi connectivity index (χ0n) is 10.7. The standard InChI is InChI=1S/C13H18ClN3O/c1-3-6-17-11-7-9(14)4-5-10(11)16-13(17)12(8-15)18-2/h4-5,7,12H,3,6,8,15H2,1-2H3. The molecule has 1 unspecified atom stereocenters. The molecule has 1 heterocycles. The average molecular weight is 268 g/mol. The van der Waals surface area contributed by atoms with Crippen molar-refractivity contribution in [3.05, 3.63) is 29.0 Å². The molecule has 0 bridgehead atoms. The third-order valence-electron chi connectivity index (χ3n) is 2.97. The van der Waals surface area contributed by atoms with Crippen molar-refractivity contribution >= 4 is 22.6 Å². The number of rotatable bonds is 5. The normalized spacial score (nSPS) is 13.1. The third kappa shape index (κ3) is 2.36. The van der Waals surface area contributed by atoms with Crippen molar-refractivity contribution in [2.45, 2.75) is 26.0 Å². The van der Waals surface area contributed by atoms with Gasteiger partial charge in [-0.3, -0.25) is 0 Å². The first-order valence-corrected chi connectivity index (χ1v) is 6.47. The van der Waals surface area contributed by atoms with E-state index in [0.717, 1.165) is 29.8 Å². The van der Waals surface area contributed by atoms with Gasteiger partial charge in [0.1, 0.15) is 11.9 Å². The Balaban J connectivity index is 2.60. The van der Waals surface area contributed by atoms with Gasteiger partial charge in [0.25, 0.3) is 0 Å². The van der Waals surface area contributed by atoms with E-state index in [0.29, 0.717) is 11.6 Å². The number of hydrogen-bond acceptors (Lipinski definition) is 3. The zero-order chi connectivity index (χ0) is 13.1.